The van der Waals surface area contributed by atoms with Gasteiger partial charge in [0.15, 0.2) is 5.13 Å². The Labute approximate surface area is 102 Å². The van der Waals surface area contributed by atoms with E-state index in [1.54, 1.807) is 6.92 Å². The number of alkyl halides is 1. The van der Waals surface area contributed by atoms with Gasteiger partial charge in [-0.05, 0) is 6.92 Å². The summed E-state index contributed by atoms with van der Waals surface area (Å²) in [5, 5.41) is 2.94. The highest BCUT2D eigenvalue weighted by molar-refractivity contribution is 7.17. The molecule has 0 saturated heterocycles. The lowest BCUT2D eigenvalue weighted by Gasteiger charge is -1.97. The van der Waals surface area contributed by atoms with Crippen molar-refractivity contribution >= 4 is 39.9 Å². The Morgan fingerprint density at radius 1 is 1.56 bits per heavy atom. The van der Waals surface area contributed by atoms with E-state index in [0.29, 0.717) is 15.7 Å². The number of methoxy groups -OCH3 is 1. The second-order valence-corrected chi connectivity index (χ2v) is 4.29. The third-order valence-electron chi connectivity index (χ3n) is 1.74. The summed E-state index contributed by atoms with van der Waals surface area (Å²) in [7, 11) is 1.30. The molecule has 0 fully saturated rings. The zero-order chi connectivity index (χ0) is 12.1. The monoisotopic (exact) mass is 262 g/mol. The molecule has 16 heavy (non-hydrogen) atoms. The van der Waals surface area contributed by atoms with E-state index in [-0.39, 0.29) is 18.2 Å². The van der Waals surface area contributed by atoms with Crippen LogP contribution >= 0.6 is 22.9 Å². The molecule has 1 aromatic heterocycles. The molecule has 0 saturated carbocycles. The number of carbonyl (C=O) groups excluding carboxylic acids is 2. The van der Waals surface area contributed by atoms with Gasteiger partial charge >= 0.3 is 5.97 Å². The van der Waals surface area contributed by atoms with E-state index in [1.807, 2.05) is 0 Å². The van der Waals surface area contributed by atoms with E-state index in [9.17, 15) is 9.59 Å². The number of hydrogen-bond donors (Lipinski definition) is 1. The minimum Gasteiger partial charge on any atom is -0.465 e. The maximum Gasteiger partial charge on any atom is 0.350 e. The van der Waals surface area contributed by atoms with E-state index in [0.717, 1.165) is 11.3 Å². The molecule has 5 nitrogen and oxygen atoms in total. The summed E-state index contributed by atoms with van der Waals surface area (Å²) in [6.45, 7) is 1.68. The van der Waals surface area contributed by atoms with Gasteiger partial charge < -0.3 is 10.1 Å². The molecule has 0 bridgehead atoms. The molecule has 1 N–H and O–H groups in total. The molecule has 0 aliphatic rings. The topological polar surface area (TPSA) is 68.3 Å². The van der Waals surface area contributed by atoms with E-state index in [4.69, 9.17) is 11.6 Å². The Kier molecular flexibility index (Phi) is 4.70. The Hall–Kier alpha value is -1.14. The number of aromatic nitrogens is 1. The van der Waals surface area contributed by atoms with E-state index in [1.165, 1.54) is 7.11 Å². The zero-order valence-corrected chi connectivity index (χ0v) is 10.4. The quantitative estimate of drug-likeness (QED) is 0.664. The standard InChI is InChI=1S/C9H11ClN2O3S/c1-5-7(8(14)15-2)16-9(11-5)12-6(13)3-4-10/h3-4H2,1-2H3,(H,11,12,13). The van der Waals surface area contributed by atoms with Gasteiger partial charge in [-0.15, -0.1) is 11.6 Å². The molecule has 1 heterocycles. The Balaban J connectivity index is 2.77. The fourth-order valence-electron chi connectivity index (χ4n) is 1.000. The van der Waals surface area contributed by atoms with Gasteiger partial charge in [0, 0.05) is 12.3 Å². The molecule has 0 aliphatic heterocycles. The highest BCUT2D eigenvalue weighted by Gasteiger charge is 2.16. The normalized spacial score (nSPS) is 9.94. The smallest absolute Gasteiger partial charge is 0.350 e. The molecule has 0 unspecified atom stereocenters. The van der Waals surface area contributed by atoms with Crippen molar-refractivity contribution in [3.8, 4) is 0 Å². The molecule has 1 amide bonds. The van der Waals surface area contributed by atoms with Gasteiger partial charge in [-0.1, -0.05) is 11.3 Å². The van der Waals surface area contributed by atoms with Crippen molar-refractivity contribution in [1.82, 2.24) is 4.98 Å². The van der Waals surface area contributed by atoms with Crippen LogP contribution in [0, 0.1) is 6.92 Å². The van der Waals surface area contributed by atoms with Crippen molar-refractivity contribution < 1.29 is 14.3 Å². The molecular weight excluding hydrogens is 252 g/mol. The maximum absolute atomic E-state index is 11.3. The first-order valence-corrected chi connectivity index (χ1v) is 5.85. The van der Waals surface area contributed by atoms with Crippen molar-refractivity contribution in [2.75, 3.05) is 18.3 Å². The van der Waals surface area contributed by atoms with Crippen LogP contribution < -0.4 is 5.32 Å². The molecule has 0 spiro atoms. The van der Waals surface area contributed by atoms with Crippen molar-refractivity contribution in [1.29, 1.82) is 0 Å². The minimum atomic E-state index is -0.451. The number of amides is 1. The SMILES string of the molecule is COC(=O)c1sc(NC(=O)CCCl)nc1C. The molecule has 1 aromatic rings. The number of aryl methyl sites for hydroxylation is 1. The number of thiazole rings is 1. The summed E-state index contributed by atoms with van der Waals surface area (Å²) in [6.07, 6.45) is 0.216. The number of halogens is 1. The summed E-state index contributed by atoms with van der Waals surface area (Å²) < 4.78 is 4.58. The highest BCUT2D eigenvalue weighted by Crippen LogP contribution is 2.23. The Morgan fingerprint density at radius 2 is 2.25 bits per heavy atom. The predicted molar refractivity (Wildman–Crippen MR) is 62.2 cm³/mol. The largest absolute Gasteiger partial charge is 0.465 e. The summed E-state index contributed by atoms with van der Waals surface area (Å²) >= 11 is 6.51. The molecule has 7 heteroatoms. The number of nitrogens with one attached hydrogen (secondary N) is 1. The number of esters is 1. The van der Waals surface area contributed by atoms with Crippen LogP contribution in [0.2, 0.25) is 0 Å². The number of anilines is 1. The van der Waals surface area contributed by atoms with Crippen LogP contribution in [-0.4, -0.2) is 29.9 Å². The summed E-state index contributed by atoms with van der Waals surface area (Å²) in [4.78, 5) is 26.9. The van der Waals surface area contributed by atoms with Crippen LogP contribution in [0.25, 0.3) is 0 Å². The maximum atomic E-state index is 11.3. The highest BCUT2D eigenvalue weighted by atomic mass is 35.5. The molecular formula is C9H11ClN2O3S. The van der Waals surface area contributed by atoms with E-state index < -0.39 is 5.97 Å². The van der Waals surface area contributed by atoms with Crippen LogP contribution in [0.4, 0.5) is 5.13 Å². The Morgan fingerprint density at radius 3 is 2.81 bits per heavy atom. The van der Waals surface area contributed by atoms with Gasteiger partial charge in [-0.25, -0.2) is 9.78 Å². The summed E-state index contributed by atoms with van der Waals surface area (Å²) in [5.41, 5.74) is 0.540. The molecule has 88 valence electrons. The van der Waals surface area contributed by atoms with Crippen LogP contribution in [0.15, 0.2) is 0 Å². The number of ether oxygens (including phenoxy) is 1. The third kappa shape index (κ3) is 3.18. The summed E-state index contributed by atoms with van der Waals surface area (Å²) in [5.74, 6) is -0.423. The lowest BCUT2D eigenvalue weighted by atomic mass is 10.4. The van der Waals surface area contributed by atoms with Gasteiger partial charge in [-0.2, -0.15) is 0 Å². The van der Waals surface area contributed by atoms with Crippen LogP contribution in [0.1, 0.15) is 21.8 Å². The summed E-state index contributed by atoms with van der Waals surface area (Å²) in [6, 6.07) is 0. The molecule has 0 aliphatic carbocycles. The van der Waals surface area contributed by atoms with Gasteiger partial charge in [-0.3, -0.25) is 4.79 Å². The minimum absolute atomic E-state index is 0.216. The van der Waals surface area contributed by atoms with Crippen molar-refractivity contribution in [2.45, 2.75) is 13.3 Å². The lowest BCUT2D eigenvalue weighted by Crippen LogP contribution is -2.11. The zero-order valence-electron chi connectivity index (χ0n) is 8.87. The second kappa shape index (κ2) is 5.81. The number of hydrogen-bond acceptors (Lipinski definition) is 5. The van der Waals surface area contributed by atoms with E-state index in [2.05, 4.69) is 15.0 Å². The number of rotatable bonds is 4. The number of carbonyl (C=O) groups is 2. The second-order valence-electron chi connectivity index (χ2n) is 2.91. The first-order valence-electron chi connectivity index (χ1n) is 4.50. The van der Waals surface area contributed by atoms with Crippen molar-refractivity contribution in [3.05, 3.63) is 10.6 Å². The van der Waals surface area contributed by atoms with Gasteiger partial charge in [0.2, 0.25) is 5.91 Å². The third-order valence-corrected chi connectivity index (χ3v) is 2.98. The van der Waals surface area contributed by atoms with Crippen LogP contribution in [0.3, 0.4) is 0 Å². The van der Waals surface area contributed by atoms with Gasteiger partial charge in [0.25, 0.3) is 0 Å². The van der Waals surface area contributed by atoms with Crippen LogP contribution in [0.5, 0.6) is 0 Å². The van der Waals surface area contributed by atoms with E-state index >= 15 is 0 Å². The molecule has 0 radical (unpaired) electrons. The first-order chi connectivity index (χ1) is 7.58. The molecule has 0 atom stereocenters. The molecule has 1 rings (SSSR count). The average molecular weight is 263 g/mol. The fraction of sp³-hybridized carbons (Fsp3) is 0.444. The fourth-order valence-corrected chi connectivity index (χ4v) is 2.07. The van der Waals surface area contributed by atoms with Crippen molar-refractivity contribution in [2.24, 2.45) is 0 Å². The average Bonchev–Trinajstić information content (AvgIpc) is 2.58. The first kappa shape index (κ1) is 12.9. The van der Waals surface area contributed by atoms with Gasteiger partial charge in [0.1, 0.15) is 4.88 Å². The number of nitrogens with zero attached hydrogens (tertiary/aromatic N) is 1. The van der Waals surface area contributed by atoms with Crippen LogP contribution in [-0.2, 0) is 9.53 Å². The predicted octanol–water partition coefficient (Wildman–Crippen LogP) is 1.81. The van der Waals surface area contributed by atoms with Crippen molar-refractivity contribution in [3.63, 3.8) is 0 Å². The lowest BCUT2D eigenvalue weighted by molar-refractivity contribution is -0.115. The molecule has 0 aromatic carbocycles. The van der Waals surface area contributed by atoms with Gasteiger partial charge in [0.05, 0.1) is 12.8 Å². The Bertz CT molecular complexity index is 405.